The Labute approximate surface area is 97.3 Å². The fraction of sp³-hybridized carbons (Fsp3) is 0.857. The summed E-state index contributed by atoms with van der Waals surface area (Å²) in [5.41, 5.74) is 1.17. The summed E-state index contributed by atoms with van der Waals surface area (Å²) in [5, 5.41) is 0. The Hall–Kier alpha value is -0.460. The zero-order valence-electron chi connectivity index (χ0n) is 11.7. The molecule has 0 aromatic carbocycles. The molecule has 0 radical (unpaired) electrons. The molecule has 1 atom stereocenters. The van der Waals surface area contributed by atoms with Gasteiger partial charge in [0, 0.05) is 1.37 Å². The molecule has 0 bridgehead atoms. The molecule has 0 spiro atoms. The van der Waals surface area contributed by atoms with E-state index in [1.807, 2.05) is 0 Å². The third kappa shape index (κ3) is 9.84. The minimum Gasteiger partial charge on any atom is -0.504 e. The lowest BCUT2D eigenvalue weighted by Crippen LogP contribution is -1.88. The third-order valence-electron chi connectivity index (χ3n) is 2.55. The topological polar surface area (TPSA) is 9.23 Å². The molecule has 1 unspecified atom stereocenters. The first-order valence-corrected chi connectivity index (χ1v) is 6.40. The second-order valence-corrected chi connectivity index (χ2v) is 4.09. The summed E-state index contributed by atoms with van der Waals surface area (Å²) in [6.45, 7) is 4.41. The molecule has 1 heteroatoms. The number of methoxy groups -OCH3 is 1. The largest absolute Gasteiger partial charge is 0.504 e. The van der Waals surface area contributed by atoms with Gasteiger partial charge in [-0.05, 0) is 31.2 Å². The number of unbranched alkanes of at least 4 members (excludes halogenated alkanes) is 4. The van der Waals surface area contributed by atoms with Gasteiger partial charge in [0.1, 0.15) is 0 Å². The predicted octanol–water partition coefficient (Wildman–Crippen LogP) is 5.07. The molecule has 0 rings (SSSR count). The van der Waals surface area contributed by atoms with Crippen LogP contribution < -0.4 is 0 Å². The van der Waals surface area contributed by atoms with Crippen molar-refractivity contribution in [1.29, 1.82) is 0 Å². The van der Waals surface area contributed by atoms with Gasteiger partial charge in [0.2, 0.25) is 0 Å². The van der Waals surface area contributed by atoms with E-state index in [0.29, 0.717) is 0 Å². The van der Waals surface area contributed by atoms with E-state index >= 15 is 0 Å². The van der Waals surface area contributed by atoms with Crippen LogP contribution in [0.3, 0.4) is 0 Å². The van der Waals surface area contributed by atoms with Gasteiger partial charge in [0.05, 0.1) is 13.4 Å². The van der Waals surface area contributed by atoms with Gasteiger partial charge in [-0.1, -0.05) is 46.0 Å². The zero-order chi connectivity index (χ0) is 12.2. The van der Waals surface area contributed by atoms with Crippen molar-refractivity contribution in [1.82, 2.24) is 0 Å². The van der Waals surface area contributed by atoms with Crippen LogP contribution in [0.4, 0.5) is 0 Å². The Balaban J connectivity index is 3.93. The molecule has 0 saturated carbocycles. The molecule has 0 fully saturated rings. The maximum atomic E-state index is 8.10. The first-order valence-electron chi connectivity index (χ1n) is 6.97. The Morgan fingerprint density at radius 2 is 1.73 bits per heavy atom. The van der Waals surface area contributed by atoms with E-state index in [9.17, 15) is 0 Å². The van der Waals surface area contributed by atoms with Gasteiger partial charge in [-0.3, -0.25) is 0 Å². The smallest absolute Gasteiger partial charge is 0.0816 e. The molecule has 0 N–H and O–H groups in total. The SMILES string of the molecule is [2H]C(CCCCC)/C(=C\OC)CCCCC. The highest BCUT2D eigenvalue weighted by Gasteiger charge is 1.98. The van der Waals surface area contributed by atoms with Crippen LogP contribution in [0.25, 0.3) is 0 Å². The normalized spacial score (nSPS) is 14.9. The van der Waals surface area contributed by atoms with Crippen molar-refractivity contribution in [2.75, 3.05) is 7.11 Å². The van der Waals surface area contributed by atoms with Crippen LogP contribution in [0.5, 0.6) is 0 Å². The summed E-state index contributed by atoms with van der Waals surface area (Å²) in [6.07, 6.45) is 11.1. The lowest BCUT2D eigenvalue weighted by atomic mass is 10.0. The number of hydrogen-bond donors (Lipinski definition) is 0. The molecule has 0 aromatic heterocycles. The van der Waals surface area contributed by atoms with E-state index in [1.54, 1.807) is 13.4 Å². The Morgan fingerprint density at radius 1 is 1.07 bits per heavy atom. The molecule has 0 aromatic rings. The van der Waals surface area contributed by atoms with Gasteiger partial charge in [0.15, 0.2) is 0 Å². The second kappa shape index (κ2) is 11.6. The predicted molar refractivity (Wildman–Crippen MR) is 68.0 cm³/mol. The Bertz CT molecular complexity index is 178. The fourth-order valence-corrected chi connectivity index (χ4v) is 1.62. The third-order valence-corrected chi connectivity index (χ3v) is 2.55. The van der Waals surface area contributed by atoms with E-state index in [-0.39, 0.29) is 6.40 Å². The van der Waals surface area contributed by atoms with E-state index in [2.05, 4.69) is 13.8 Å². The first-order chi connectivity index (χ1) is 7.76. The van der Waals surface area contributed by atoms with E-state index in [4.69, 9.17) is 6.11 Å². The molecule has 15 heavy (non-hydrogen) atoms. The average molecular weight is 213 g/mol. The maximum Gasteiger partial charge on any atom is 0.0816 e. The molecule has 0 heterocycles. The summed E-state index contributed by atoms with van der Waals surface area (Å²) in [5.74, 6) is 0. The molecule has 1 nitrogen and oxygen atoms in total. The van der Waals surface area contributed by atoms with E-state index in [1.165, 1.54) is 44.1 Å². The molecule has 0 amide bonds. The standard InChI is InChI=1S/C14H28O/c1-4-6-8-10-12-14(13-15-3)11-9-7-5-2/h13H,4-12H2,1-3H3/b14-13-/i12D. The van der Waals surface area contributed by atoms with Gasteiger partial charge in [-0.2, -0.15) is 0 Å². The van der Waals surface area contributed by atoms with Crippen LogP contribution in [0, 0.1) is 0 Å². The highest BCUT2D eigenvalue weighted by atomic mass is 16.5. The molecule has 0 aliphatic heterocycles. The minimum atomic E-state index is -0.0524. The summed E-state index contributed by atoms with van der Waals surface area (Å²) in [7, 11) is 1.68. The van der Waals surface area contributed by atoms with Gasteiger partial charge in [-0.15, -0.1) is 0 Å². The number of rotatable bonds is 10. The van der Waals surface area contributed by atoms with Gasteiger partial charge in [-0.25, -0.2) is 0 Å². The minimum absolute atomic E-state index is 0.0524. The summed E-state index contributed by atoms with van der Waals surface area (Å²) in [4.78, 5) is 0. The van der Waals surface area contributed by atoms with Crippen LogP contribution in [0.1, 0.15) is 73.0 Å². The summed E-state index contributed by atoms with van der Waals surface area (Å²) in [6, 6.07) is 0. The van der Waals surface area contributed by atoms with Crippen LogP contribution in [-0.2, 0) is 4.74 Å². The first kappa shape index (κ1) is 12.6. The quantitative estimate of drug-likeness (QED) is 0.364. The van der Waals surface area contributed by atoms with Crippen LogP contribution >= 0.6 is 0 Å². The van der Waals surface area contributed by atoms with E-state index < -0.39 is 0 Å². The van der Waals surface area contributed by atoms with E-state index in [0.717, 1.165) is 12.8 Å². The zero-order valence-corrected chi connectivity index (χ0v) is 10.7. The molecular weight excluding hydrogens is 184 g/mol. The fourth-order valence-electron chi connectivity index (χ4n) is 1.62. The van der Waals surface area contributed by atoms with Crippen LogP contribution in [0.15, 0.2) is 11.8 Å². The van der Waals surface area contributed by atoms with Crippen molar-refractivity contribution in [2.24, 2.45) is 0 Å². The molecule has 90 valence electrons. The average Bonchev–Trinajstić information content (AvgIpc) is 2.28. The maximum absolute atomic E-state index is 8.10. The van der Waals surface area contributed by atoms with Crippen molar-refractivity contribution in [3.8, 4) is 0 Å². The van der Waals surface area contributed by atoms with Crippen molar-refractivity contribution in [2.45, 2.75) is 71.6 Å². The summed E-state index contributed by atoms with van der Waals surface area (Å²) >= 11 is 0. The lowest BCUT2D eigenvalue weighted by Gasteiger charge is -2.06. The number of allylic oxidation sites excluding steroid dienone is 1. The van der Waals surface area contributed by atoms with Crippen molar-refractivity contribution in [3.05, 3.63) is 11.8 Å². The molecular formula is C14H28O. The Morgan fingerprint density at radius 3 is 2.33 bits per heavy atom. The van der Waals surface area contributed by atoms with Gasteiger partial charge in [0.25, 0.3) is 0 Å². The van der Waals surface area contributed by atoms with Gasteiger partial charge >= 0.3 is 0 Å². The number of ether oxygens (including phenoxy) is 1. The Kier molecular flexibility index (Phi) is 9.76. The van der Waals surface area contributed by atoms with Crippen molar-refractivity contribution in [3.63, 3.8) is 0 Å². The molecule has 0 saturated heterocycles. The second-order valence-electron chi connectivity index (χ2n) is 4.09. The lowest BCUT2D eigenvalue weighted by molar-refractivity contribution is 0.330. The highest BCUT2D eigenvalue weighted by molar-refractivity contribution is 4.97. The van der Waals surface area contributed by atoms with Crippen LogP contribution in [-0.4, -0.2) is 7.11 Å². The van der Waals surface area contributed by atoms with Crippen molar-refractivity contribution < 1.29 is 6.11 Å². The summed E-state index contributed by atoms with van der Waals surface area (Å²) < 4.78 is 13.2. The number of hydrogen-bond acceptors (Lipinski definition) is 1. The van der Waals surface area contributed by atoms with Crippen LogP contribution in [0.2, 0.25) is 0 Å². The highest BCUT2D eigenvalue weighted by Crippen LogP contribution is 2.16. The van der Waals surface area contributed by atoms with Crippen molar-refractivity contribution >= 4 is 0 Å². The molecule has 0 aliphatic rings. The monoisotopic (exact) mass is 213 g/mol. The van der Waals surface area contributed by atoms with Gasteiger partial charge < -0.3 is 4.74 Å². The molecule has 0 aliphatic carbocycles.